The van der Waals surface area contributed by atoms with E-state index >= 15 is 0 Å². The fourth-order valence-corrected chi connectivity index (χ4v) is 3.28. The second kappa shape index (κ2) is 5.21. The van der Waals surface area contributed by atoms with Crippen LogP contribution in [0, 0.1) is 19.8 Å². The molecular weight excluding hydrogens is 230 g/mol. The summed E-state index contributed by atoms with van der Waals surface area (Å²) in [5.74, 6) is 0.945. The van der Waals surface area contributed by atoms with Crippen LogP contribution in [0.1, 0.15) is 52.7 Å². The van der Waals surface area contributed by atoms with Crippen molar-refractivity contribution in [3.63, 3.8) is 0 Å². The highest BCUT2D eigenvalue weighted by atomic mass is 32.1. The highest BCUT2D eigenvalue weighted by molar-refractivity contribution is 7.14. The Kier molecular flexibility index (Phi) is 3.87. The van der Waals surface area contributed by atoms with E-state index in [1.807, 2.05) is 6.07 Å². The number of aryl methyl sites for hydroxylation is 2. The standard InChI is InChI=1S/C14H21NOS/c1-9-4-6-12(7-5-9)15-14(16)13-8-10(2)11(3)17-13/h8-9,12H,4-7H2,1-3H3,(H,15,16). The van der Waals surface area contributed by atoms with Gasteiger partial charge in [-0.25, -0.2) is 0 Å². The molecule has 0 aliphatic heterocycles. The van der Waals surface area contributed by atoms with Crippen molar-refractivity contribution in [2.75, 3.05) is 0 Å². The van der Waals surface area contributed by atoms with Gasteiger partial charge in [0.05, 0.1) is 4.88 Å². The highest BCUT2D eigenvalue weighted by Crippen LogP contribution is 2.25. The normalized spacial score (nSPS) is 24.6. The SMILES string of the molecule is Cc1cc(C(=O)NC2CCC(C)CC2)sc1C. The van der Waals surface area contributed by atoms with Crippen LogP contribution in [0.4, 0.5) is 0 Å². The molecule has 1 aliphatic rings. The van der Waals surface area contributed by atoms with E-state index in [0.29, 0.717) is 6.04 Å². The Hall–Kier alpha value is -0.830. The average Bonchev–Trinajstić information content (AvgIpc) is 2.63. The average molecular weight is 251 g/mol. The number of hydrogen-bond acceptors (Lipinski definition) is 2. The van der Waals surface area contributed by atoms with E-state index in [2.05, 4.69) is 26.1 Å². The van der Waals surface area contributed by atoms with Gasteiger partial charge in [0.25, 0.3) is 5.91 Å². The van der Waals surface area contributed by atoms with Crippen molar-refractivity contribution in [3.8, 4) is 0 Å². The molecule has 0 atom stereocenters. The van der Waals surface area contributed by atoms with Gasteiger partial charge in [-0.05, 0) is 57.1 Å². The molecule has 1 heterocycles. The Bertz CT molecular complexity index is 383. The molecule has 1 aliphatic carbocycles. The quantitative estimate of drug-likeness (QED) is 0.853. The highest BCUT2D eigenvalue weighted by Gasteiger charge is 2.21. The van der Waals surface area contributed by atoms with Crippen LogP contribution in [0.2, 0.25) is 0 Å². The van der Waals surface area contributed by atoms with Crippen molar-refractivity contribution in [1.29, 1.82) is 0 Å². The maximum Gasteiger partial charge on any atom is 0.261 e. The lowest BCUT2D eigenvalue weighted by molar-refractivity contribution is 0.0927. The third-order valence-corrected chi connectivity index (χ3v) is 4.89. The third-order valence-electron chi connectivity index (χ3n) is 3.74. The van der Waals surface area contributed by atoms with Gasteiger partial charge in [0.15, 0.2) is 0 Å². The molecule has 3 heteroatoms. The van der Waals surface area contributed by atoms with Crippen molar-refractivity contribution in [1.82, 2.24) is 5.32 Å². The first-order valence-corrected chi connectivity index (χ1v) is 7.26. The zero-order valence-electron chi connectivity index (χ0n) is 10.9. The third kappa shape index (κ3) is 3.09. The second-order valence-electron chi connectivity index (χ2n) is 5.28. The van der Waals surface area contributed by atoms with Crippen LogP contribution in [0.15, 0.2) is 6.07 Å². The number of nitrogens with one attached hydrogen (secondary N) is 1. The molecule has 2 rings (SSSR count). The second-order valence-corrected chi connectivity index (χ2v) is 6.54. The van der Waals surface area contributed by atoms with Gasteiger partial charge in [-0.15, -0.1) is 11.3 Å². The van der Waals surface area contributed by atoms with Crippen molar-refractivity contribution in [3.05, 3.63) is 21.4 Å². The molecule has 94 valence electrons. The Balaban J connectivity index is 1.93. The smallest absolute Gasteiger partial charge is 0.261 e. The predicted octanol–water partition coefficient (Wildman–Crippen LogP) is 3.67. The molecule has 1 saturated carbocycles. The van der Waals surface area contributed by atoms with E-state index in [0.717, 1.165) is 23.6 Å². The summed E-state index contributed by atoms with van der Waals surface area (Å²) in [6, 6.07) is 2.39. The summed E-state index contributed by atoms with van der Waals surface area (Å²) in [4.78, 5) is 14.2. The molecule has 0 aromatic carbocycles. The number of hydrogen-bond donors (Lipinski definition) is 1. The predicted molar refractivity (Wildman–Crippen MR) is 72.7 cm³/mol. The summed E-state index contributed by atoms with van der Waals surface area (Å²) < 4.78 is 0. The number of rotatable bonds is 2. The number of amides is 1. The van der Waals surface area contributed by atoms with E-state index in [1.165, 1.54) is 23.3 Å². The van der Waals surface area contributed by atoms with Crippen LogP contribution in [-0.4, -0.2) is 11.9 Å². The lowest BCUT2D eigenvalue weighted by Crippen LogP contribution is -2.36. The van der Waals surface area contributed by atoms with E-state index in [-0.39, 0.29) is 5.91 Å². The van der Waals surface area contributed by atoms with Gasteiger partial charge in [-0.2, -0.15) is 0 Å². The lowest BCUT2D eigenvalue weighted by atomic mass is 9.87. The zero-order valence-corrected chi connectivity index (χ0v) is 11.7. The lowest BCUT2D eigenvalue weighted by Gasteiger charge is -2.26. The Morgan fingerprint density at radius 2 is 1.94 bits per heavy atom. The van der Waals surface area contributed by atoms with E-state index in [4.69, 9.17) is 0 Å². The number of thiophene rings is 1. The molecule has 1 N–H and O–H groups in total. The first-order valence-electron chi connectivity index (χ1n) is 6.44. The van der Waals surface area contributed by atoms with Gasteiger partial charge in [0.1, 0.15) is 0 Å². The molecule has 0 saturated heterocycles. The largest absolute Gasteiger partial charge is 0.349 e. The van der Waals surface area contributed by atoms with Crippen LogP contribution < -0.4 is 5.32 Å². The van der Waals surface area contributed by atoms with Gasteiger partial charge < -0.3 is 5.32 Å². The molecule has 1 amide bonds. The van der Waals surface area contributed by atoms with Crippen LogP contribution in [0.25, 0.3) is 0 Å². The molecule has 2 nitrogen and oxygen atoms in total. The van der Waals surface area contributed by atoms with Crippen molar-refractivity contribution < 1.29 is 4.79 Å². The maximum absolute atomic E-state index is 12.1. The number of carbonyl (C=O) groups excluding carboxylic acids is 1. The first-order chi connectivity index (χ1) is 8.06. The molecule has 17 heavy (non-hydrogen) atoms. The topological polar surface area (TPSA) is 29.1 Å². The molecular formula is C14H21NOS. The Morgan fingerprint density at radius 1 is 1.29 bits per heavy atom. The van der Waals surface area contributed by atoms with E-state index in [1.54, 1.807) is 11.3 Å². The molecule has 0 radical (unpaired) electrons. The Morgan fingerprint density at radius 3 is 2.47 bits per heavy atom. The maximum atomic E-state index is 12.1. The van der Waals surface area contributed by atoms with Crippen molar-refractivity contribution in [2.45, 2.75) is 52.5 Å². The van der Waals surface area contributed by atoms with Gasteiger partial charge in [-0.1, -0.05) is 6.92 Å². The molecule has 0 spiro atoms. The fraction of sp³-hybridized carbons (Fsp3) is 0.643. The minimum absolute atomic E-state index is 0.116. The summed E-state index contributed by atoms with van der Waals surface area (Å²) in [7, 11) is 0. The molecule has 1 aromatic rings. The summed E-state index contributed by atoms with van der Waals surface area (Å²) in [5, 5.41) is 3.17. The van der Waals surface area contributed by atoms with Gasteiger partial charge in [-0.3, -0.25) is 4.79 Å². The number of carbonyl (C=O) groups is 1. The Labute approximate surface area is 107 Å². The van der Waals surface area contributed by atoms with Crippen LogP contribution in [0.3, 0.4) is 0 Å². The molecule has 1 aromatic heterocycles. The first kappa shape index (κ1) is 12.6. The van der Waals surface area contributed by atoms with E-state index < -0.39 is 0 Å². The molecule has 0 bridgehead atoms. The van der Waals surface area contributed by atoms with Gasteiger partial charge >= 0.3 is 0 Å². The minimum atomic E-state index is 0.116. The monoisotopic (exact) mass is 251 g/mol. The summed E-state index contributed by atoms with van der Waals surface area (Å²) in [5.41, 5.74) is 1.22. The summed E-state index contributed by atoms with van der Waals surface area (Å²) >= 11 is 1.60. The van der Waals surface area contributed by atoms with Crippen molar-refractivity contribution in [2.24, 2.45) is 5.92 Å². The van der Waals surface area contributed by atoms with Crippen LogP contribution in [0.5, 0.6) is 0 Å². The molecule has 1 fully saturated rings. The minimum Gasteiger partial charge on any atom is -0.349 e. The fourth-order valence-electron chi connectivity index (χ4n) is 2.35. The van der Waals surface area contributed by atoms with Gasteiger partial charge in [0, 0.05) is 10.9 Å². The van der Waals surface area contributed by atoms with E-state index in [9.17, 15) is 4.79 Å². The summed E-state index contributed by atoms with van der Waals surface area (Å²) in [6.45, 7) is 6.42. The van der Waals surface area contributed by atoms with Crippen LogP contribution >= 0.6 is 11.3 Å². The molecule has 0 unspecified atom stereocenters. The zero-order chi connectivity index (χ0) is 12.4. The summed E-state index contributed by atoms with van der Waals surface area (Å²) in [6.07, 6.45) is 4.76. The van der Waals surface area contributed by atoms with Crippen molar-refractivity contribution >= 4 is 17.2 Å². The van der Waals surface area contributed by atoms with Gasteiger partial charge in [0.2, 0.25) is 0 Å². The van der Waals surface area contributed by atoms with Crippen LogP contribution in [-0.2, 0) is 0 Å².